The summed E-state index contributed by atoms with van der Waals surface area (Å²) < 4.78 is 31.0. The second-order valence-electron chi connectivity index (χ2n) is 10.2. The highest BCUT2D eigenvalue weighted by Gasteiger charge is 2.38. The molecule has 0 saturated heterocycles. The second kappa shape index (κ2) is 16.6. The van der Waals surface area contributed by atoms with E-state index in [9.17, 15) is 19.2 Å². The second-order valence-corrected chi connectivity index (χ2v) is 10.2. The Labute approximate surface area is 230 Å². The normalized spacial score (nSPS) is 13.3. The molecule has 0 aliphatic heterocycles. The minimum atomic E-state index is -1.57. The summed E-state index contributed by atoms with van der Waals surface area (Å²) >= 11 is 0. The Balaban J connectivity index is 3.19. The van der Waals surface area contributed by atoms with Crippen molar-refractivity contribution in [3.8, 4) is 11.5 Å². The van der Waals surface area contributed by atoms with E-state index in [2.05, 4.69) is 0 Å². The van der Waals surface area contributed by atoms with Crippen molar-refractivity contribution in [2.24, 2.45) is 17.6 Å². The molecule has 39 heavy (non-hydrogen) atoms. The van der Waals surface area contributed by atoms with Crippen molar-refractivity contribution in [3.05, 3.63) is 23.8 Å². The van der Waals surface area contributed by atoms with E-state index in [-0.39, 0.29) is 44.0 Å². The molecule has 2 atom stereocenters. The van der Waals surface area contributed by atoms with Crippen LogP contribution in [0.25, 0.3) is 0 Å². The fraction of sp³-hybridized carbons (Fsp3) is 0.643. The van der Waals surface area contributed by atoms with Gasteiger partial charge in [0.05, 0.1) is 20.3 Å². The topological polar surface area (TPSA) is 150 Å². The smallest absolute Gasteiger partial charge is 0.468 e. The zero-order valence-corrected chi connectivity index (χ0v) is 24.1. The summed E-state index contributed by atoms with van der Waals surface area (Å²) in [5.74, 6) is -0.706. The summed E-state index contributed by atoms with van der Waals surface area (Å²) in [6.45, 7) is 11.5. The van der Waals surface area contributed by atoms with Gasteiger partial charge in [-0.2, -0.15) is 0 Å². The Hall–Kier alpha value is -3.34. The quantitative estimate of drug-likeness (QED) is 0.178. The lowest BCUT2D eigenvalue weighted by molar-refractivity contribution is -0.154. The van der Waals surface area contributed by atoms with Crippen LogP contribution in [-0.2, 0) is 35.0 Å². The van der Waals surface area contributed by atoms with Crippen LogP contribution in [0.5, 0.6) is 11.5 Å². The average Bonchev–Trinajstić information content (AvgIpc) is 2.84. The molecule has 0 spiro atoms. The molecule has 1 rings (SSSR count). The standard InChI is InChI=1S/C28H43NO10/c1-8-24(30)37-20(6)16-28(29,25(31)34-7)17-21-9-10-22(38-26(32)35-13-11-18(2)3)23(15-21)39-27(33)36-14-12-19(4)5/h9-10,15,18-20H,8,11-14,16-17,29H2,1-7H3/t20-,28?/m0/s1. The zero-order valence-electron chi connectivity index (χ0n) is 24.1. The summed E-state index contributed by atoms with van der Waals surface area (Å²) in [5, 5.41) is 0. The van der Waals surface area contributed by atoms with Crippen LogP contribution < -0.4 is 15.2 Å². The van der Waals surface area contributed by atoms with Gasteiger partial charge in [-0.1, -0.05) is 40.7 Å². The van der Waals surface area contributed by atoms with Gasteiger partial charge in [0.15, 0.2) is 11.5 Å². The van der Waals surface area contributed by atoms with E-state index in [0.717, 1.165) is 0 Å². The number of methoxy groups -OCH3 is 1. The van der Waals surface area contributed by atoms with Gasteiger partial charge in [0.1, 0.15) is 11.6 Å². The third-order valence-corrected chi connectivity index (χ3v) is 5.61. The summed E-state index contributed by atoms with van der Waals surface area (Å²) in [6, 6.07) is 4.36. The number of esters is 2. The van der Waals surface area contributed by atoms with E-state index in [1.165, 1.54) is 19.2 Å². The number of benzene rings is 1. The van der Waals surface area contributed by atoms with Gasteiger partial charge in [-0.25, -0.2) is 9.59 Å². The first-order valence-corrected chi connectivity index (χ1v) is 13.2. The van der Waals surface area contributed by atoms with E-state index >= 15 is 0 Å². The molecule has 0 radical (unpaired) electrons. The molecule has 0 amide bonds. The maximum atomic E-state index is 12.6. The van der Waals surface area contributed by atoms with Gasteiger partial charge < -0.3 is 34.2 Å². The lowest BCUT2D eigenvalue weighted by Gasteiger charge is -2.29. The maximum Gasteiger partial charge on any atom is 0.513 e. The Morgan fingerprint density at radius 3 is 1.90 bits per heavy atom. The van der Waals surface area contributed by atoms with Gasteiger partial charge >= 0.3 is 24.2 Å². The maximum absolute atomic E-state index is 12.6. The molecule has 0 saturated carbocycles. The molecule has 0 heterocycles. The van der Waals surface area contributed by atoms with E-state index < -0.39 is 35.9 Å². The molecule has 220 valence electrons. The van der Waals surface area contributed by atoms with Gasteiger partial charge in [-0.05, 0) is 49.3 Å². The highest BCUT2D eigenvalue weighted by Crippen LogP contribution is 2.32. The number of carbonyl (C=O) groups is 4. The third-order valence-electron chi connectivity index (χ3n) is 5.61. The van der Waals surface area contributed by atoms with Crippen LogP contribution in [0.3, 0.4) is 0 Å². The molecule has 0 aliphatic carbocycles. The van der Waals surface area contributed by atoms with Gasteiger partial charge in [-0.3, -0.25) is 9.59 Å². The van der Waals surface area contributed by atoms with Crippen LogP contribution in [0.1, 0.15) is 72.8 Å². The first kappa shape index (κ1) is 33.7. The summed E-state index contributed by atoms with van der Waals surface area (Å²) in [7, 11) is 1.20. The summed E-state index contributed by atoms with van der Waals surface area (Å²) in [5.41, 5.74) is 5.33. The molecule has 11 nitrogen and oxygen atoms in total. The fourth-order valence-corrected chi connectivity index (χ4v) is 3.48. The van der Waals surface area contributed by atoms with E-state index in [1.807, 2.05) is 27.7 Å². The number of nitrogens with two attached hydrogens (primary N) is 1. The predicted molar refractivity (Wildman–Crippen MR) is 142 cm³/mol. The minimum absolute atomic E-state index is 0.0285. The van der Waals surface area contributed by atoms with Crippen molar-refractivity contribution in [2.45, 2.75) is 85.3 Å². The van der Waals surface area contributed by atoms with Gasteiger partial charge in [0.25, 0.3) is 0 Å². The summed E-state index contributed by atoms with van der Waals surface area (Å²) in [6.07, 6.45) is -1.25. The Morgan fingerprint density at radius 1 is 0.872 bits per heavy atom. The lowest BCUT2D eigenvalue weighted by Crippen LogP contribution is -2.53. The Bertz CT molecular complexity index is 962. The van der Waals surface area contributed by atoms with Crippen LogP contribution in [0.2, 0.25) is 0 Å². The van der Waals surface area contributed by atoms with Crippen molar-refractivity contribution >= 4 is 24.2 Å². The molecule has 0 fully saturated rings. The largest absolute Gasteiger partial charge is 0.513 e. The van der Waals surface area contributed by atoms with Crippen LogP contribution in [0.15, 0.2) is 18.2 Å². The predicted octanol–water partition coefficient (Wildman–Crippen LogP) is 4.95. The first-order chi connectivity index (χ1) is 18.3. The van der Waals surface area contributed by atoms with E-state index in [0.29, 0.717) is 30.2 Å². The number of hydrogen-bond donors (Lipinski definition) is 1. The molecule has 2 N–H and O–H groups in total. The van der Waals surface area contributed by atoms with Crippen LogP contribution in [-0.4, -0.2) is 56.2 Å². The number of hydrogen-bond acceptors (Lipinski definition) is 11. The lowest BCUT2D eigenvalue weighted by atomic mass is 9.86. The van der Waals surface area contributed by atoms with Crippen molar-refractivity contribution < 1.29 is 47.6 Å². The average molecular weight is 554 g/mol. The molecule has 1 unspecified atom stereocenters. The van der Waals surface area contributed by atoms with Gasteiger partial charge in [0.2, 0.25) is 0 Å². The highest BCUT2D eigenvalue weighted by atomic mass is 16.7. The molecule has 11 heteroatoms. The molecule has 0 aromatic heterocycles. The fourth-order valence-electron chi connectivity index (χ4n) is 3.48. The Morgan fingerprint density at radius 2 is 1.41 bits per heavy atom. The molecular weight excluding hydrogens is 510 g/mol. The molecule has 0 bridgehead atoms. The van der Waals surface area contributed by atoms with E-state index in [4.69, 9.17) is 34.2 Å². The van der Waals surface area contributed by atoms with Crippen molar-refractivity contribution in [2.75, 3.05) is 20.3 Å². The molecule has 1 aromatic carbocycles. The molecule has 0 aliphatic rings. The Kier molecular flexibility index (Phi) is 14.3. The van der Waals surface area contributed by atoms with Crippen molar-refractivity contribution in [3.63, 3.8) is 0 Å². The van der Waals surface area contributed by atoms with Gasteiger partial charge in [0, 0.05) is 19.3 Å². The minimum Gasteiger partial charge on any atom is -0.468 e. The van der Waals surface area contributed by atoms with Crippen LogP contribution >= 0.6 is 0 Å². The van der Waals surface area contributed by atoms with E-state index in [1.54, 1.807) is 19.9 Å². The zero-order chi connectivity index (χ0) is 29.6. The van der Waals surface area contributed by atoms with Crippen molar-refractivity contribution in [1.82, 2.24) is 0 Å². The number of rotatable bonds is 15. The molecule has 1 aromatic rings. The SMILES string of the molecule is CCC(=O)O[C@@H](C)CC(N)(Cc1ccc(OC(=O)OCCC(C)C)c(OC(=O)OCCC(C)C)c1)C(=O)OC. The first-order valence-electron chi connectivity index (χ1n) is 13.2. The monoisotopic (exact) mass is 553 g/mol. The van der Waals surface area contributed by atoms with Crippen molar-refractivity contribution in [1.29, 1.82) is 0 Å². The number of ether oxygens (including phenoxy) is 6. The van der Waals surface area contributed by atoms with Crippen LogP contribution in [0, 0.1) is 11.8 Å². The van der Waals surface area contributed by atoms with Gasteiger partial charge in [-0.15, -0.1) is 0 Å². The highest BCUT2D eigenvalue weighted by molar-refractivity contribution is 5.81. The van der Waals surface area contributed by atoms with Crippen LogP contribution in [0.4, 0.5) is 9.59 Å². The summed E-state index contributed by atoms with van der Waals surface area (Å²) in [4.78, 5) is 48.9. The number of carbonyl (C=O) groups excluding carboxylic acids is 4. The molecular formula is C28H43NO10. The third kappa shape index (κ3) is 12.8.